The van der Waals surface area contributed by atoms with E-state index in [9.17, 15) is 0 Å². The maximum Gasteiger partial charge on any atom is 0.143 e. The fraction of sp³-hybridized carbons (Fsp3) is 0.231. The molecule has 0 fully saturated rings. The van der Waals surface area contributed by atoms with Crippen LogP contribution in [0.1, 0.15) is 0 Å². The SMILES string of the molecule is CN(C)c1ccc2c3cnccc3n(C)c2n1. The Bertz CT molecular complexity index is 697. The fourth-order valence-electron chi connectivity index (χ4n) is 2.15. The number of hydrogen-bond donors (Lipinski definition) is 0. The second-order valence-corrected chi connectivity index (χ2v) is 4.39. The minimum absolute atomic E-state index is 0.969. The number of hydrogen-bond acceptors (Lipinski definition) is 3. The Morgan fingerprint density at radius 2 is 1.94 bits per heavy atom. The molecule has 86 valence electrons. The summed E-state index contributed by atoms with van der Waals surface area (Å²) in [5.74, 6) is 0.969. The molecule has 0 aliphatic heterocycles. The molecule has 0 saturated heterocycles. The Kier molecular flexibility index (Phi) is 2.04. The highest BCUT2D eigenvalue weighted by atomic mass is 15.2. The molecular formula is C13H14N4. The minimum atomic E-state index is 0.969. The highest BCUT2D eigenvalue weighted by molar-refractivity contribution is 6.06. The molecule has 0 N–H and O–H groups in total. The van der Waals surface area contributed by atoms with Gasteiger partial charge in [-0.15, -0.1) is 0 Å². The van der Waals surface area contributed by atoms with Crippen LogP contribution in [0.5, 0.6) is 0 Å². The van der Waals surface area contributed by atoms with Gasteiger partial charge in [0.1, 0.15) is 11.5 Å². The number of aryl methyl sites for hydroxylation is 1. The van der Waals surface area contributed by atoms with Crippen molar-refractivity contribution in [2.24, 2.45) is 7.05 Å². The fourth-order valence-corrected chi connectivity index (χ4v) is 2.15. The lowest BCUT2D eigenvalue weighted by Gasteiger charge is -2.10. The topological polar surface area (TPSA) is 34.0 Å². The summed E-state index contributed by atoms with van der Waals surface area (Å²) < 4.78 is 2.11. The first-order valence-electron chi connectivity index (χ1n) is 5.55. The number of nitrogens with zero attached hydrogens (tertiary/aromatic N) is 4. The summed E-state index contributed by atoms with van der Waals surface area (Å²) in [7, 11) is 6.04. The summed E-state index contributed by atoms with van der Waals surface area (Å²) in [6.45, 7) is 0. The number of fused-ring (bicyclic) bond motifs is 3. The van der Waals surface area contributed by atoms with Crippen LogP contribution in [0.2, 0.25) is 0 Å². The molecule has 0 amide bonds. The largest absolute Gasteiger partial charge is 0.363 e. The van der Waals surface area contributed by atoms with Crippen LogP contribution in [0.25, 0.3) is 21.9 Å². The predicted molar refractivity (Wildman–Crippen MR) is 70.3 cm³/mol. The smallest absolute Gasteiger partial charge is 0.143 e. The molecule has 0 spiro atoms. The van der Waals surface area contributed by atoms with Gasteiger partial charge < -0.3 is 9.47 Å². The van der Waals surface area contributed by atoms with Gasteiger partial charge in [0.15, 0.2) is 0 Å². The standard InChI is InChI=1S/C13H14N4/c1-16(2)12-5-4-9-10-8-14-7-6-11(10)17(3)13(9)15-12/h4-8H,1-3H3. The van der Waals surface area contributed by atoms with E-state index in [2.05, 4.69) is 20.6 Å². The predicted octanol–water partition coefficient (Wildman–Crippen LogP) is 2.19. The summed E-state index contributed by atoms with van der Waals surface area (Å²) in [5.41, 5.74) is 2.16. The molecule has 0 aliphatic rings. The zero-order valence-corrected chi connectivity index (χ0v) is 10.2. The van der Waals surface area contributed by atoms with Crippen LogP contribution in [0, 0.1) is 0 Å². The Morgan fingerprint density at radius 3 is 2.71 bits per heavy atom. The van der Waals surface area contributed by atoms with Crippen molar-refractivity contribution in [3.63, 3.8) is 0 Å². The minimum Gasteiger partial charge on any atom is -0.363 e. The van der Waals surface area contributed by atoms with Gasteiger partial charge in [-0.1, -0.05) is 0 Å². The molecule has 3 rings (SSSR count). The van der Waals surface area contributed by atoms with E-state index in [0.29, 0.717) is 0 Å². The molecule has 3 aromatic rings. The van der Waals surface area contributed by atoms with Crippen molar-refractivity contribution < 1.29 is 0 Å². The van der Waals surface area contributed by atoms with Gasteiger partial charge in [0.2, 0.25) is 0 Å². The number of pyridine rings is 2. The molecule has 0 aromatic carbocycles. The summed E-state index contributed by atoms with van der Waals surface area (Å²) in [5, 5.41) is 2.31. The molecule has 4 nitrogen and oxygen atoms in total. The van der Waals surface area contributed by atoms with E-state index in [1.165, 1.54) is 5.52 Å². The van der Waals surface area contributed by atoms with Crippen molar-refractivity contribution in [3.05, 3.63) is 30.6 Å². The second-order valence-electron chi connectivity index (χ2n) is 4.39. The first-order valence-corrected chi connectivity index (χ1v) is 5.55. The van der Waals surface area contributed by atoms with Crippen LogP contribution in [-0.2, 0) is 7.05 Å². The van der Waals surface area contributed by atoms with Gasteiger partial charge in [0.05, 0.1) is 5.52 Å². The highest BCUT2D eigenvalue weighted by Crippen LogP contribution is 2.27. The van der Waals surface area contributed by atoms with Gasteiger partial charge in [-0.25, -0.2) is 4.98 Å². The Labute approximate surface area is 99.5 Å². The lowest BCUT2D eigenvalue weighted by molar-refractivity contribution is 0.977. The zero-order chi connectivity index (χ0) is 12.0. The van der Waals surface area contributed by atoms with E-state index in [1.54, 1.807) is 0 Å². The normalized spacial score (nSPS) is 11.2. The third-order valence-electron chi connectivity index (χ3n) is 3.09. The maximum atomic E-state index is 4.67. The molecule has 0 unspecified atom stereocenters. The van der Waals surface area contributed by atoms with Gasteiger partial charge in [0, 0.05) is 44.3 Å². The first kappa shape index (κ1) is 10.1. The lowest BCUT2D eigenvalue weighted by atomic mass is 10.2. The molecule has 17 heavy (non-hydrogen) atoms. The summed E-state index contributed by atoms with van der Waals surface area (Å²) in [6.07, 6.45) is 3.71. The van der Waals surface area contributed by atoms with Gasteiger partial charge in [0.25, 0.3) is 0 Å². The van der Waals surface area contributed by atoms with E-state index in [1.807, 2.05) is 50.6 Å². The Morgan fingerprint density at radius 1 is 1.12 bits per heavy atom. The van der Waals surface area contributed by atoms with Crippen molar-refractivity contribution in [3.8, 4) is 0 Å². The molecule has 0 aliphatic carbocycles. The van der Waals surface area contributed by atoms with Gasteiger partial charge in [-0.3, -0.25) is 4.98 Å². The van der Waals surface area contributed by atoms with E-state index >= 15 is 0 Å². The van der Waals surface area contributed by atoms with Gasteiger partial charge >= 0.3 is 0 Å². The van der Waals surface area contributed by atoms with E-state index < -0.39 is 0 Å². The Balaban J connectivity index is 2.45. The monoisotopic (exact) mass is 226 g/mol. The van der Waals surface area contributed by atoms with Crippen molar-refractivity contribution in [1.82, 2.24) is 14.5 Å². The van der Waals surface area contributed by atoms with Crippen LogP contribution < -0.4 is 4.90 Å². The molecule has 0 bridgehead atoms. The number of anilines is 1. The first-order chi connectivity index (χ1) is 8.18. The van der Waals surface area contributed by atoms with Crippen LogP contribution in [-0.4, -0.2) is 28.6 Å². The molecule has 4 heteroatoms. The van der Waals surface area contributed by atoms with Crippen LogP contribution in [0.3, 0.4) is 0 Å². The molecule has 0 saturated carbocycles. The molecule has 0 radical (unpaired) electrons. The van der Waals surface area contributed by atoms with Gasteiger partial charge in [-0.2, -0.15) is 0 Å². The van der Waals surface area contributed by atoms with Crippen molar-refractivity contribution >= 4 is 27.8 Å². The quantitative estimate of drug-likeness (QED) is 0.638. The third-order valence-corrected chi connectivity index (χ3v) is 3.09. The third kappa shape index (κ3) is 1.37. The number of aromatic nitrogens is 3. The maximum absolute atomic E-state index is 4.67. The zero-order valence-electron chi connectivity index (χ0n) is 10.2. The van der Waals surface area contributed by atoms with Gasteiger partial charge in [-0.05, 0) is 18.2 Å². The van der Waals surface area contributed by atoms with E-state index in [0.717, 1.165) is 22.2 Å². The van der Waals surface area contributed by atoms with Crippen molar-refractivity contribution in [1.29, 1.82) is 0 Å². The average Bonchev–Trinajstić information content (AvgIpc) is 2.64. The molecule has 3 heterocycles. The molecule has 0 atom stereocenters. The second kappa shape index (κ2) is 3.45. The molecule has 3 aromatic heterocycles. The van der Waals surface area contributed by atoms with E-state index in [-0.39, 0.29) is 0 Å². The van der Waals surface area contributed by atoms with Crippen LogP contribution >= 0.6 is 0 Å². The summed E-state index contributed by atoms with van der Waals surface area (Å²) in [4.78, 5) is 10.9. The van der Waals surface area contributed by atoms with Crippen LogP contribution in [0.4, 0.5) is 5.82 Å². The lowest BCUT2D eigenvalue weighted by Crippen LogP contribution is -2.10. The van der Waals surface area contributed by atoms with Crippen LogP contribution in [0.15, 0.2) is 30.6 Å². The average molecular weight is 226 g/mol. The van der Waals surface area contributed by atoms with E-state index in [4.69, 9.17) is 0 Å². The summed E-state index contributed by atoms with van der Waals surface area (Å²) in [6, 6.07) is 6.17. The highest BCUT2D eigenvalue weighted by Gasteiger charge is 2.10. The van der Waals surface area contributed by atoms with Crippen molar-refractivity contribution in [2.45, 2.75) is 0 Å². The van der Waals surface area contributed by atoms with Crippen molar-refractivity contribution in [2.75, 3.05) is 19.0 Å². The Hall–Kier alpha value is -2.10. The number of rotatable bonds is 1. The molecular weight excluding hydrogens is 212 g/mol. The summed E-state index contributed by atoms with van der Waals surface area (Å²) >= 11 is 0.